The van der Waals surface area contributed by atoms with Crippen LogP contribution in [0, 0.1) is 6.92 Å². The number of hydrogen-bond acceptors (Lipinski definition) is 4. The number of carbonyl (C=O) groups is 1. The monoisotopic (exact) mass is 348 g/mol. The zero-order valence-corrected chi connectivity index (χ0v) is 14.7. The molecular weight excluding hydrogens is 328 g/mol. The van der Waals surface area contributed by atoms with Gasteiger partial charge in [0.25, 0.3) is 0 Å². The van der Waals surface area contributed by atoms with Gasteiger partial charge in [-0.05, 0) is 36.6 Å². The summed E-state index contributed by atoms with van der Waals surface area (Å²) in [6.07, 6.45) is 0.374. The standard InChI is InChI=1S/C20H20N4O2/c1-12-5-3-4-6-15(12)17-18(21)24-10-9-13-7-8-14(22-20(25)26-2)11-16(13)19(24)23-17/h3-8,11H,9-10,21H2,1-2H3,(H,22,25). The number of fused-ring (bicyclic) bond motifs is 3. The number of methoxy groups -OCH3 is 1. The number of nitrogens with one attached hydrogen (secondary N) is 1. The molecule has 0 bridgehead atoms. The third kappa shape index (κ3) is 2.60. The van der Waals surface area contributed by atoms with Crippen LogP contribution >= 0.6 is 0 Å². The van der Waals surface area contributed by atoms with Crippen molar-refractivity contribution in [3.05, 3.63) is 53.6 Å². The topological polar surface area (TPSA) is 82.2 Å². The van der Waals surface area contributed by atoms with E-state index in [2.05, 4.69) is 23.0 Å². The van der Waals surface area contributed by atoms with Crippen molar-refractivity contribution in [2.45, 2.75) is 19.9 Å². The smallest absolute Gasteiger partial charge is 0.411 e. The highest BCUT2D eigenvalue weighted by Crippen LogP contribution is 2.37. The van der Waals surface area contributed by atoms with Crippen molar-refractivity contribution in [2.24, 2.45) is 0 Å². The molecule has 2 heterocycles. The quantitative estimate of drug-likeness (QED) is 0.737. The third-order valence-electron chi connectivity index (χ3n) is 4.79. The summed E-state index contributed by atoms with van der Waals surface area (Å²) in [6.45, 7) is 2.84. The summed E-state index contributed by atoms with van der Waals surface area (Å²) in [4.78, 5) is 16.4. The molecule has 0 radical (unpaired) electrons. The van der Waals surface area contributed by atoms with Crippen LogP contribution in [0.2, 0.25) is 0 Å². The van der Waals surface area contributed by atoms with E-state index in [1.807, 2.05) is 41.0 Å². The van der Waals surface area contributed by atoms with E-state index < -0.39 is 6.09 Å². The van der Waals surface area contributed by atoms with Crippen molar-refractivity contribution in [3.8, 4) is 22.6 Å². The normalized spacial score (nSPS) is 12.2. The van der Waals surface area contributed by atoms with Gasteiger partial charge in [0.2, 0.25) is 0 Å². The van der Waals surface area contributed by atoms with E-state index in [0.29, 0.717) is 11.5 Å². The molecule has 0 spiro atoms. The van der Waals surface area contributed by atoms with Crippen LogP contribution in [0.3, 0.4) is 0 Å². The van der Waals surface area contributed by atoms with Gasteiger partial charge in [0.05, 0.1) is 7.11 Å². The molecule has 1 amide bonds. The Hall–Kier alpha value is -3.28. The Morgan fingerprint density at radius 3 is 2.81 bits per heavy atom. The minimum absolute atomic E-state index is 0.496. The largest absolute Gasteiger partial charge is 0.453 e. The van der Waals surface area contributed by atoms with Crippen molar-refractivity contribution in [3.63, 3.8) is 0 Å². The highest BCUT2D eigenvalue weighted by Gasteiger charge is 2.24. The van der Waals surface area contributed by atoms with Gasteiger partial charge in [0.1, 0.15) is 17.3 Å². The van der Waals surface area contributed by atoms with Crippen LogP contribution in [-0.2, 0) is 17.7 Å². The molecule has 2 aromatic carbocycles. The molecule has 1 aromatic heterocycles. The maximum absolute atomic E-state index is 11.5. The fourth-order valence-electron chi connectivity index (χ4n) is 3.42. The lowest BCUT2D eigenvalue weighted by atomic mass is 10.00. The Labute approximate surface area is 151 Å². The molecule has 6 heteroatoms. The van der Waals surface area contributed by atoms with Crippen LogP contribution in [0.5, 0.6) is 0 Å². The summed E-state index contributed by atoms with van der Waals surface area (Å²) < 4.78 is 6.72. The lowest BCUT2D eigenvalue weighted by molar-refractivity contribution is 0.187. The average molecular weight is 348 g/mol. The van der Waals surface area contributed by atoms with Gasteiger partial charge in [-0.15, -0.1) is 0 Å². The van der Waals surface area contributed by atoms with Crippen LogP contribution < -0.4 is 11.1 Å². The van der Waals surface area contributed by atoms with E-state index in [4.69, 9.17) is 10.7 Å². The van der Waals surface area contributed by atoms with E-state index in [1.165, 1.54) is 12.7 Å². The molecule has 0 saturated heterocycles. The Morgan fingerprint density at radius 2 is 2.04 bits per heavy atom. The summed E-state index contributed by atoms with van der Waals surface area (Å²) in [7, 11) is 1.34. The fraction of sp³-hybridized carbons (Fsp3) is 0.200. The number of nitrogen functional groups attached to an aromatic ring is 1. The number of anilines is 2. The van der Waals surface area contributed by atoms with Gasteiger partial charge in [-0.25, -0.2) is 9.78 Å². The molecule has 4 rings (SSSR count). The van der Waals surface area contributed by atoms with Gasteiger partial charge in [-0.3, -0.25) is 5.32 Å². The summed E-state index contributed by atoms with van der Waals surface area (Å²) in [5, 5.41) is 2.71. The SMILES string of the molecule is COC(=O)Nc1ccc2c(c1)-c1nc(-c3ccccc3C)c(N)n1CC2. The first-order chi connectivity index (χ1) is 12.6. The van der Waals surface area contributed by atoms with Gasteiger partial charge in [0.15, 0.2) is 0 Å². The number of nitrogens with two attached hydrogens (primary N) is 1. The minimum atomic E-state index is -0.496. The number of rotatable bonds is 2. The van der Waals surface area contributed by atoms with E-state index in [9.17, 15) is 4.79 Å². The van der Waals surface area contributed by atoms with Gasteiger partial charge >= 0.3 is 6.09 Å². The van der Waals surface area contributed by atoms with Crippen molar-refractivity contribution in [1.82, 2.24) is 9.55 Å². The minimum Gasteiger partial charge on any atom is -0.453 e. The van der Waals surface area contributed by atoms with Gasteiger partial charge in [-0.2, -0.15) is 0 Å². The number of amides is 1. The van der Waals surface area contributed by atoms with Crippen LogP contribution in [-0.4, -0.2) is 22.8 Å². The van der Waals surface area contributed by atoms with Crippen LogP contribution in [0.1, 0.15) is 11.1 Å². The third-order valence-corrected chi connectivity index (χ3v) is 4.79. The predicted octanol–water partition coefficient (Wildman–Crippen LogP) is 3.84. The molecule has 0 aliphatic carbocycles. The first kappa shape index (κ1) is 16.2. The van der Waals surface area contributed by atoms with Crippen LogP contribution in [0.25, 0.3) is 22.6 Å². The van der Waals surface area contributed by atoms with Crippen molar-refractivity contribution in [1.29, 1.82) is 0 Å². The maximum atomic E-state index is 11.5. The molecule has 1 aliphatic heterocycles. The first-order valence-electron chi connectivity index (χ1n) is 8.48. The maximum Gasteiger partial charge on any atom is 0.411 e. The molecule has 6 nitrogen and oxygen atoms in total. The van der Waals surface area contributed by atoms with Crippen molar-refractivity contribution in [2.75, 3.05) is 18.2 Å². The lowest BCUT2D eigenvalue weighted by Gasteiger charge is -2.19. The summed E-state index contributed by atoms with van der Waals surface area (Å²) in [6, 6.07) is 13.9. The van der Waals surface area contributed by atoms with E-state index in [1.54, 1.807) is 0 Å². The molecule has 0 atom stereocenters. The van der Waals surface area contributed by atoms with Gasteiger partial charge < -0.3 is 15.0 Å². The number of ether oxygens (including phenoxy) is 1. The Morgan fingerprint density at radius 1 is 1.23 bits per heavy atom. The highest BCUT2D eigenvalue weighted by molar-refractivity contribution is 5.86. The van der Waals surface area contributed by atoms with Gasteiger partial charge in [0, 0.05) is 23.4 Å². The molecule has 0 fully saturated rings. The number of carbonyl (C=O) groups excluding carboxylic acids is 1. The second-order valence-corrected chi connectivity index (χ2v) is 6.37. The molecule has 1 aliphatic rings. The number of aryl methyl sites for hydroxylation is 2. The molecule has 3 N–H and O–H groups in total. The van der Waals surface area contributed by atoms with Crippen LogP contribution in [0.15, 0.2) is 42.5 Å². The van der Waals surface area contributed by atoms with E-state index in [-0.39, 0.29) is 0 Å². The number of nitrogens with zero attached hydrogens (tertiary/aromatic N) is 2. The van der Waals surface area contributed by atoms with E-state index >= 15 is 0 Å². The molecule has 132 valence electrons. The Bertz CT molecular complexity index is 1010. The summed E-state index contributed by atoms with van der Waals surface area (Å²) in [5.74, 6) is 1.50. The second kappa shape index (κ2) is 6.22. The molecular formula is C20H20N4O2. The number of hydrogen-bond donors (Lipinski definition) is 2. The Balaban J connectivity index is 1.83. The molecule has 3 aromatic rings. The molecule has 26 heavy (non-hydrogen) atoms. The fourth-order valence-corrected chi connectivity index (χ4v) is 3.42. The lowest BCUT2D eigenvalue weighted by Crippen LogP contribution is -2.15. The number of benzene rings is 2. The van der Waals surface area contributed by atoms with E-state index in [0.717, 1.165) is 41.2 Å². The Kier molecular flexibility index (Phi) is 3.88. The van der Waals surface area contributed by atoms with Gasteiger partial charge in [-0.1, -0.05) is 30.3 Å². The molecule has 0 saturated carbocycles. The molecule has 0 unspecified atom stereocenters. The summed E-state index contributed by atoms with van der Waals surface area (Å²) >= 11 is 0. The summed E-state index contributed by atoms with van der Waals surface area (Å²) in [5.41, 5.74) is 12.3. The zero-order chi connectivity index (χ0) is 18.3. The van der Waals surface area contributed by atoms with Crippen molar-refractivity contribution >= 4 is 17.6 Å². The second-order valence-electron chi connectivity index (χ2n) is 6.37. The zero-order valence-electron chi connectivity index (χ0n) is 14.7. The van der Waals surface area contributed by atoms with Crippen molar-refractivity contribution < 1.29 is 9.53 Å². The van der Waals surface area contributed by atoms with Crippen LogP contribution in [0.4, 0.5) is 16.3 Å². The average Bonchev–Trinajstić information content (AvgIpc) is 2.99. The first-order valence-corrected chi connectivity index (χ1v) is 8.48. The predicted molar refractivity (Wildman–Crippen MR) is 102 cm³/mol. The number of imidazole rings is 1. The number of aromatic nitrogens is 2. The highest BCUT2D eigenvalue weighted by atomic mass is 16.5.